The summed E-state index contributed by atoms with van der Waals surface area (Å²) in [6, 6.07) is 8.33. The first-order valence-electron chi connectivity index (χ1n) is 8.55. The fourth-order valence-electron chi connectivity index (χ4n) is 3.92. The molecule has 24 heavy (non-hydrogen) atoms. The summed E-state index contributed by atoms with van der Waals surface area (Å²) in [5.41, 5.74) is 3.64. The van der Waals surface area contributed by atoms with Crippen molar-refractivity contribution in [2.45, 2.75) is 31.1 Å². The highest BCUT2D eigenvalue weighted by Crippen LogP contribution is 2.53. The Morgan fingerprint density at radius 2 is 2.17 bits per heavy atom. The number of aliphatic imine (C=N–C) groups is 1. The molecule has 124 valence electrons. The number of aryl methyl sites for hydroxylation is 1. The molecule has 3 unspecified atom stereocenters. The number of hydrogen-bond acceptors (Lipinski definition) is 3. The van der Waals surface area contributed by atoms with Gasteiger partial charge in [-0.2, -0.15) is 0 Å². The maximum atomic E-state index is 12.8. The van der Waals surface area contributed by atoms with Gasteiger partial charge in [-0.1, -0.05) is 48.1 Å². The molecular weight excluding hydrogens is 316 g/mol. The molecule has 0 aromatic heterocycles. The van der Waals surface area contributed by atoms with E-state index < -0.39 is 0 Å². The first-order valence-corrected chi connectivity index (χ1v) is 9.54. The number of thioether (sulfide) groups is 1. The average molecular weight is 338 g/mol. The molecule has 1 aliphatic carbocycles. The van der Waals surface area contributed by atoms with Gasteiger partial charge in [-0.15, -0.1) is 11.8 Å². The van der Waals surface area contributed by atoms with Crippen molar-refractivity contribution in [3.8, 4) is 0 Å². The van der Waals surface area contributed by atoms with Crippen molar-refractivity contribution in [3.05, 3.63) is 59.8 Å². The first-order chi connectivity index (χ1) is 11.7. The Morgan fingerprint density at radius 3 is 3.00 bits per heavy atom. The predicted octanol–water partition coefficient (Wildman–Crippen LogP) is 3.65. The molecule has 0 radical (unpaired) electrons. The topological polar surface area (TPSA) is 41.5 Å². The minimum absolute atomic E-state index is 0.0232. The Balaban J connectivity index is 1.46. The van der Waals surface area contributed by atoms with Crippen LogP contribution < -0.4 is 5.32 Å². The normalized spacial score (nSPS) is 30.5. The Morgan fingerprint density at radius 1 is 1.33 bits per heavy atom. The molecule has 1 fully saturated rings. The molecule has 1 saturated heterocycles. The van der Waals surface area contributed by atoms with Gasteiger partial charge in [0.1, 0.15) is 0 Å². The highest BCUT2D eigenvalue weighted by Gasteiger charge is 2.54. The maximum Gasteiger partial charge on any atom is 0.224 e. The molecule has 1 amide bonds. The minimum atomic E-state index is 0.0232. The largest absolute Gasteiger partial charge is 0.352 e. The van der Waals surface area contributed by atoms with E-state index in [1.807, 2.05) is 18.0 Å². The SMILES string of the molecule is Cc1ccc(CNC(=O)C2CSC34CC=CCC3=NC=CC24)cc1. The summed E-state index contributed by atoms with van der Waals surface area (Å²) in [6.07, 6.45) is 10.4. The van der Waals surface area contributed by atoms with Crippen molar-refractivity contribution in [2.75, 3.05) is 5.75 Å². The average Bonchev–Trinajstić information content (AvgIpc) is 2.99. The third-order valence-corrected chi connectivity index (χ3v) is 7.04. The number of nitrogens with zero attached hydrogens (tertiary/aromatic N) is 1. The van der Waals surface area contributed by atoms with Gasteiger partial charge in [0, 0.05) is 36.5 Å². The van der Waals surface area contributed by atoms with Crippen LogP contribution in [-0.4, -0.2) is 22.1 Å². The summed E-state index contributed by atoms with van der Waals surface area (Å²) >= 11 is 1.92. The number of carbonyl (C=O) groups is 1. The number of amides is 1. The summed E-state index contributed by atoms with van der Waals surface area (Å²) in [5.74, 6) is 1.35. The molecule has 3 aliphatic rings. The third kappa shape index (κ3) is 2.63. The van der Waals surface area contributed by atoms with Crippen molar-refractivity contribution in [1.82, 2.24) is 5.32 Å². The standard InChI is InChI=1S/C20H22N2OS/c1-14-5-7-15(8-6-14)12-22-19(23)16-13-24-20-10-3-2-4-18(20)21-11-9-17(16)20/h2-3,5-9,11,16-17H,4,10,12-13H2,1H3,(H,22,23). The number of benzene rings is 1. The molecule has 2 heterocycles. The van der Waals surface area contributed by atoms with Crippen LogP contribution in [0.3, 0.4) is 0 Å². The molecule has 1 aromatic carbocycles. The first kappa shape index (κ1) is 15.7. The van der Waals surface area contributed by atoms with Crippen LogP contribution in [-0.2, 0) is 11.3 Å². The monoisotopic (exact) mass is 338 g/mol. The second-order valence-electron chi connectivity index (χ2n) is 6.83. The smallest absolute Gasteiger partial charge is 0.224 e. The fraction of sp³-hybridized carbons (Fsp3) is 0.400. The zero-order valence-corrected chi connectivity index (χ0v) is 14.7. The predicted molar refractivity (Wildman–Crippen MR) is 100 cm³/mol. The molecule has 3 atom stereocenters. The highest BCUT2D eigenvalue weighted by molar-refractivity contribution is 8.01. The molecule has 2 aliphatic heterocycles. The van der Waals surface area contributed by atoms with Gasteiger partial charge in [0.2, 0.25) is 5.91 Å². The number of carbonyl (C=O) groups excluding carboxylic acids is 1. The number of nitrogens with one attached hydrogen (secondary N) is 1. The van der Waals surface area contributed by atoms with Crippen LogP contribution >= 0.6 is 11.8 Å². The molecule has 0 bridgehead atoms. The van der Waals surface area contributed by atoms with Gasteiger partial charge in [0.25, 0.3) is 0 Å². The summed E-state index contributed by atoms with van der Waals surface area (Å²) in [6.45, 7) is 2.68. The summed E-state index contributed by atoms with van der Waals surface area (Å²) in [7, 11) is 0. The van der Waals surface area contributed by atoms with E-state index in [1.165, 1.54) is 11.3 Å². The van der Waals surface area contributed by atoms with Crippen LogP contribution in [0, 0.1) is 18.8 Å². The third-order valence-electron chi connectivity index (χ3n) is 5.33. The lowest BCUT2D eigenvalue weighted by Crippen LogP contribution is -2.45. The van der Waals surface area contributed by atoms with Crippen LogP contribution in [0.1, 0.15) is 24.0 Å². The lowest BCUT2D eigenvalue weighted by atomic mass is 9.73. The van der Waals surface area contributed by atoms with E-state index in [4.69, 9.17) is 0 Å². The molecule has 1 aromatic rings. The van der Waals surface area contributed by atoms with Gasteiger partial charge >= 0.3 is 0 Å². The van der Waals surface area contributed by atoms with E-state index in [9.17, 15) is 4.79 Å². The van der Waals surface area contributed by atoms with E-state index in [1.54, 1.807) is 0 Å². The molecule has 4 rings (SSSR count). The van der Waals surface area contributed by atoms with E-state index in [2.05, 4.69) is 59.7 Å². The Kier molecular flexibility index (Phi) is 4.09. The fourth-order valence-corrected chi connectivity index (χ4v) is 5.71. The Labute approximate surface area is 147 Å². The van der Waals surface area contributed by atoms with Crippen molar-refractivity contribution >= 4 is 23.4 Å². The van der Waals surface area contributed by atoms with E-state index in [-0.39, 0.29) is 22.5 Å². The Bertz CT molecular complexity index is 735. The number of rotatable bonds is 3. The second kappa shape index (κ2) is 6.25. The van der Waals surface area contributed by atoms with Crippen molar-refractivity contribution in [1.29, 1.82) is 0 Å². The van der Waals surface area contributed by atoms with Crippen molar-refractivity contribution in [2.24, 2.45) is 16.8 Å². The molecule has 4 heteroatoms. The van der Waals surface area contributed by atoms with Gasteiger partial charge in [0.05, 0.1) is 10.7 Å². The van der Waals surface area contributed by atoms with Gasteiger partial charge in [-0.05, 0) is 18.9 Å². The van der Waals surface area contributed by atoms with Gasteiger partial charge in [0.15, 0.2) is 0 Å². The Hall–Kier alpha value is -1.81. The molecular formula is C20H22N2OS. The van der Waals surface area contributed by atoms with Gasteiger partial charge in [-0.3, -0.25) is 9.79 Å². The zero-order chi connectivity index (χ0) is 16.6. The number of hydrogen-bond donors (Lipinski definition) is 1. The van der Waals surface area contributed by atoms with E-state index >= 15 is 0 Å². The zero-order valence-electron chi connectivity index (χ0n) is 13.9. The second-order valence-corrected chi connectivity index (χ2v) is 8.18. The van der Waals surface area contributed by atoms with Gasteiger partial charge in [-0.25, -0.2) is 0 Å². The molecule has 1 N–H and O–H groups in total. The van der Waals surface area contributed by atoms with Crippen LogP contribution in [0.5, 0.6) is 0 Å². The summed E-state index contributed by atoms with van der Waals surface area (Å²) < 4.78 is 0.0232. The number of allylic oxidation sites excluding steroid dienone is 3. The van der Waals surface area contributed by atoms with Crippen LogP contribution in [0.25, 0.3) is 0 Å². The van der Waals surface area contributed by atoms with Crippen LogP contribution in [0.2, 0.25) is 0 Å². The maximum absolute atomic E-state index is 12.8. The molecule has 3 nitrogen and oxygen atoms in total. The van der Waals surface area contributed by atoms with E-state index in [0.717, 1.165) is 24.2 Å². The minimum Gasteiger partial charge on any atom is -0.352 e. The van der Waals surface area contributed by atoms with Crippen molar-refractivity contribution < 1.29 is 4.79 Å². The molecule has 0 saturated carbocycles. The summed E-state index contributed by atoms with van der Waals surface area (Å²) in [5, 5.41) is 3.14. The molecule has 1 spiro atoms. The summed E-state index contributed by atoms with van der Waals surface area (Å²) in [4.78, 5) is 17.4. The van der Waals surface area contributed by atoms with Crippen LogP contribution in [0.15, 0.2) is 53.7 Å². The van der Waals surface area contributed by atoms with Crippen LogP contribution in [0.4, 0.5) is 0 Å². The van der Waals surface area contributed by atoms with E-state index in [0.29, 0.717) is 6.54 Å². The lowest BCUT2D eigenvalue weighted by molar-refractivity contribution is -0.125. The van der Waals surface area contributed by atoms with Crippen molar-refractivity contribution in [3.63, 3.8) is 0 Å². The van der Waals surface area contributed by atoms with Gasteiger partial charge < -0.3 is 5.32 Å². The highest BCUT2D eigenvalue weighted by atomic mass is 32.2. The quantitative estimate of drug-likeness (QED) is 0.855. The lowest BCUT2D eigenvalue weighted by Gasteiger charge is -2.38.